The maximum atomic E-state index is 13.1. The van der Waals surface area contributed by atoms with Gasteiger partial charge >= 0.3 is 6.01 Å². The number of ether oxygens (including phenoxy) is 1. The molecule has 0 atom stereocenters. The minimum atomic E-state index is -0.339. The number of amides is 1. The van der Waals surface area contributed by atoms with Crippen LogP contribution in [0.2, 0.25) is 0 Å². The summed E-state index contributed by atoms with van der Waals surface area (Å²) in [6, 6.07) is 7.72. The average Bonchev–Trinajstić information content (AvgIpc) is 3.08. The van der Waals surface area contributed by atoms with E-state index in [1.165, 1.54) is 23.9 Å². The van der Waals surface area contributed by atoms with E-state index in [9.17, 15) is 9.18 Å². The summed E-state index contributed by atoms with van der Waals surface area (Å²) in [7, 11) is 6.72. The van der Waals surface area contributed by atoms with Crippen LogP contribution in [0.5, 0.6) is 6.01 Å². The van der Waals surface area contributed by atoms with Crippen molar-refractivity contribution in [3.05, 3.63) is 47.7 Å². The normalized spacial score (nSPS) is 10.6. The van der Waals surface area contributed by atoms with E-state index in [4.69, 9.17) is 4.74 Å². The number of nitrogens with zero attached hydrogens (tertiary/aromatic N) is 6. The summed E-state index contributed by atoms with van der Waals surface area (Å²) in [6.07, 6.45) is 0. The Labute approximate surface area is 161 Å². The lowest BCUT2D eigenvalue weighted by molar-refractivity contribution is 0.0940. The second-order valence-electron chi connectivity index (χ2n) is 6.16. The molecule has 3 aromatic rings. The van der Waals surface area contributed by atoms with E-state index in [0.717, 1.165) is 0 Å². The van der Waals surface area contributed by atoms with E-state index in [1.54, 1.807) is 44.2 Å². The minimum absolute atomic E-state index is 0.0929. The first-order valence-corrected chi connectivity index (χ1v) is 8.42. The van der Waals surface area contributed by atoms with Crippen molar-refractivity contribution in [3.63, 3.8) is 0 Å². The molecule has 1 aromatic carbocycles. The maximum absolute atomic E-state index is 13.1. The van der Waals surface area contributed by atoms with Gasteiger partial charge in [0.05, 0.1) is 19.3 Å². The van der Waals surface area contributed by atoms with Gasteiger partial charge in [-0.2, -0.15) is 20.1 Å². The highest BCUT2D eigenvalue weighted by molar-refractivity contribution is 5.93. The van der Waals surface area contributed by atoms with Crippen molar-refractivity contribution in [3.8, 4) is 17.3 Å². The molecule has 2 aromatic heterocycles. The second-order valence-corrected chi connectivity index (χ2v) is 6.16. The van der Waals surface area contributed by atoms with Crippen molar-refractivity contribution in [1.29, 1.82) is 0 Å². The molecular formula is C18H20FN7O2. The fraction of sp³-hybridized carbons (Fsp3) is 0.278. The molecule has 0 unspecified atom stereocenters. The van der Waals surface area contributed by atoms with Crippen LogP contribution in [0, 0.1) is 5.82 Å². The summed E-state index contributed by atoms with van der Waals surface area (Å²) in [6.45, 7) is 0.0929. The average molecular weight is 385 g/mol. The smallest absolute Gasteiger partial charge is 0.321 e. The first-order chi connectivity index (χ1) is 13.4. The van der Waals surface area contributed by atoms with Gasteiger partial charge < -0.3 is 15.0 Å². The van der Waals surface area contributed by atoms with Gasteiger partial charge in [0.15, 0.2) is 5.82 Å². The van der Waals surface area contributed by atoms with Crippen LogP contribution in [0.1, 0.15) is 16.3 Å². The molecule has 1 amide bonds. The molecule has 0 fully saturated rings. The molecule has 1 N–H and O–H groups in total. The lowest BCUT2D eigenvalue weighted by Gasteiger charge is -2.12. The Morgan fingerprint density at radius 3 is 2.57 bits per heavy atom. The predicted octanol–water partition coefficient (Wildman–Crippen LogP) is 1.42. The van der Waals surface area contributed by atoms with Crippen molar-refractivity contribution in [2.45, 2.75) is 6.54 Å². The zero-order chi connectivity index (χ0) is 20.3. The molecule has 9 nitrogen and oxygen atoms in total. The second kappa shape index (κ2) is 7.99. The molecule has 0 aliphatic carbocycles. The Hall–Kier alpha value is -3.56. The van der Waals surface area contributed by atoms with E-state index in [0.29, 0.717) is 28.7 Å². The Balaban J connectivity index is 1.75. The number of hydrogen-bond acceptors (Lipinski definition) is 7. The van der Waals surface area contributed by atoms with Crippen molar-refractivity contribution in [1.82, 2.24) is 30.0 Å². The number of aryl methyl sites for hydroxylation is 1. The fourth-order valence-corrected chi connectivity index (χ4v) is 2.45. The first-order valence-electron chi connectivity index (χ1n) is 8.42. The van der Waals surface area contributed by atoms with Crippen LogP contribution in [0.3, 0.4) is 0 Å². The highest BCUT2D eigenvalue weighted by Gasteiger charge is 2.16. The zero-order valence-corrected chi connectivity index (χ0v) is 16.0. The standard InChI is InChI=1S/C18H20FN7O2/c1-25(2)17-21-15(22-18(23-17)28-4)10-20-16(27)14-9-13(24-26(14)3)11-5-7-12(19)8-6-11/h5-9H,10H2,1-4H3,(H,20,27). The van der Waals surface area contributed by atoms with E-state index >= 15 is 0 Å². The molecule has 146 valence electrons. The lowest BCUT2D eigenvalue weighted by atomic mass is 10.1. The number of rotatable bonds is 6. The van der Waals surface area contributed by atoms with E-state index in [-0.39, 0.29) is 24.3 Å². The molecule has 0 bridgehead atoms. The first kappa shape index (κ1) is 19.2. The van der Waals surface area contributed by atoms with Crippen LogP contribution in [-0.2, 0) is 13.6 Å². The van der Waals surface area contributed by atoms with Crippen molar-refractivity contribution in [2.75, 3.05) is 26.1 Å². The van der Waals surface area contributed by atoms with E-state index in [1.807, 2.05) is 0 Å². The summed E-state index contributed by atoms with van der Waals surface area (Å²) < 4.78 is 19.6. The third kappa shape index (κ3) is 4.22. The largest absolute Gasteiger partial charge is 0.467 e. The lowest BCUT2D eigenvalue weighted by Crippen LogP contribution is -2.26. The van der Waals surface area contributed by atoms with E-state index < -0.39 is 0 Å². The SMILES string of the molecule is COc1nc(CNC(=O)c2cc(-c3ccc(F)cc3)nn2C)nc(N(C)C)n1. The van der Waals surface area contributed by atoms with Crippen LogP contribution >= 0.6 is 0 Å². The van der Waals surface area contributed by atoms with E-state index in [2.05, 4.69) is 25.4 Å². The monoisotopic (exact) mass is 385 g/mol. The number of carbonyl (C=O) groups is 1. The number of nitrogens with one attached hydrogen (secondary N) is 1. The molecule has 10 heteroatoms. The molecule has 0 aliphatic heterocycles. The third-order valence-electron chi connectivity index (χ3n) is 3.89. The van der Waals surface area contributed by atoms with Crippen LogP contribution in [0.15, 0.2) is 30.3 Å². The summed E-state index contributed by atoms with van der Waals surface area (Å²) in [5, 5.41) is 7.08. The van der Waals surface area contributed by atoms with Crippen LogP contribution in [-0.4, -0.2) is 51.8 Å². The van der Waals surface area contributed by atoms with Gasteiger partial charge in [0.1, 0.15) is 11.5 Å². The van der Waals surface area contributed by atoms with Gasteiger partial charge in [-0.05, 0) is 30.3 Å². The van der Waals surface area contributed by atoms with Gasteiger partial charge in [0, 0.05) is 26.7 Å². The third-order valence-corrected chi connectivity index (χ3v) is 3.89. The molecule has 0 saturated heterocycles. The minimum Gasteiger partial charge on any atom is -0.467 e. The van der Waals surface area contributed by atoms with Gasteiger partial charge in [0.25, 0.3) is 5.91 Å². The van der Waals surface area contributed by atoms with Crippen LogP contribution in [0.4, 0.5) is 10.3 Å². The number of aromatic nitrogens is 5. The fourth-order valence-electron chi connectivity index (χ4n) is 2.45. The summed E-state index contributed by atoms with van der Waals surface area (Å²) in [5.41, 5.74) is 1.64. The van der Waals surface area contributed by atoms with Crippen LogP contribution in [0.25, 0.3) is 11.3 Å². The number of hydrogen-bond donors (Lipinski definition) is 1. The predicted molar refractivity (Wildman–Crippen MR) is 100 cm³/mol. The molecule has 0 aliphatic rings. The molecule has 3 rings (SSSR count). The Bertz CT molecular complexity index is 986. The molecule has 2 heterocycles. The molecule has 0 radical (unpaired) electrons. The summed E-state index contributed by atoms with van der Waals surface area (Å²) in [4.78, 5) is 26.8. The van der Waals surface area contributed by atoms with Gasteiger partial charge in [-0.1, -0.05) is 0 Å². The Morgan fingerprint density at radius 1 is 1.21 bits per heavy atom. The van der Waals surface area contributed by atoms with Crippen molar-refractivity contribution >= 4 is 11.9 Å². The van der Waals surface area contributed by atoms with Crippen molar-refractivity contribution < 1.29 is 13.9 Å². The molecule has 0 spiro atoms. The van der Waals surface area contributed by atoms with Gasteiger partial charge in [0.2, 0.25) is 5.95 Å². The molecule has 0 saturated carbocycles. The van der Waals surface area contributed by atoms with Crippen molar-refractivity contribution in [2.24, 2.45) is 7.05 Å². The number of carbonyl (C=O) groups excluding carboxylic acids is 1. The van der Waals surface area contributed by atoms with Gasteiger partial charge in [-0.3, -0.25) is 9.48 Å². The summed E-state index contributed by atoms with van der Waals surface area (Å²) in [5.74, 6) is 0.122. The quantitative estimate of drug-likeness (QED) is 0.685. The Kier molecular flexibility index (Phi) is 5.48. The number of benzene rings is 1. The van der Waals surface area contributed by atoms with Crippen LogP contribution < -0.4 is 15.0 Å². The maximum Gasteiger partial charge on any atom is 0.321 e. The highest BCUT2D eigenvalue weighted by Crippen LogP contribution is 2.19. The number of anilines is 1. The van der Waals surface area contributed by atoms with Gasteiger partial charge in [-0.25, -0.2) is 4.39 Å². The number of methoxy groups -OCH3 is 1. The molecule has 28 heavy (non-hydrogen) atoms. The zero-order valence-electron chi connectivity index (χ0n) is 16.0. The topological polar surface area (TPSA) is 98.1 Å². The number of halogens is 1. The van der Waals surface area contributed by atoms with Gasteiger partial charge in [-0.15, -0.1) is 0 Å². The molecular weight excluding hydrogens is 365 g/mol. The summed E-state index contributed by atoms with van der Waals surface area (Å²) >= 11 is 0. The Morgan fingerprint density at radius 2 is 1.93 bits per heavy atom. The highest BCUT2D eigenvalue weighted by atomic mass is 19.1.